The number of ether oxygens (including phenoxy) is 1. The van der Waals surface area contributed by atoms with Crippen molar-refractivity contribution < 1.29 is 19.4 Å². The lowest BCUT2D eigenvalue weighted by molar-refractivity contribution is -0.148. The smallest absolute Gasteiger partial charge is 0.313 e. The van der Waals surface area contributed by atoms with Crippen molar-refractivity contribution in [1.29, 1.82) is 0 Å². The SMILES string of the molecule is COc1cccc(C(=O)N2C[C@H]3CN(CCCSC)C[C@@]3(C(=O)O)C2)c1. The second-order valence-corrected chi connectivity index (χ2v) is 8.14. The highest BCUT2D eigenvalue weighted by molar-refractivity contribution is 7.98. The number of aliphatic carboxylic acids is 1. The van der Waals surface area contributed by atoms with Gasteiger partial charge in [-0.15, -0.1) is 0 Å². The lowest BCUT2D eigenvalue weighted by atomic mass is 9.81. The molecule has 0 saturated carbocycles. The Bertz CT molecular complexity index is 683. The van der Waals surface area contributed by atoms with E-state index < -0.39 is 11.4 Å². The molecule has 0 unspecified atom stereocenters. The number of hydrogen-bond donors (Lipinski definition) is 1. The molecule has 1 amide bonds. The molecule has 0 spiro atoms. The fourth-order valence-electron chi connectivity index (χ4n) is 4.17. The van der Waals surface area contributed by atoms with Crippen LogP contribution in [0, 0.1) is 11.3 Å². The molecule has 26 heavy (non-hydrogen) atoms. The quantitative estimate of drug-likeness (QED) is 0.731. The summed E-state index contributed by atoms with van der Waals surface area (Å²) < 4.78 is 5.19. The van der Waals surface area contributed by atoms with Gasteiger partial charge >= 0.3 is 5.97 Å². The number of methoxy groups -OCH3 is 1. The zero-order valence-corrected chi connectivity index (χ0v) is 16.1. The number of likely N-dealkylation sites (tertiary alicyclic amines) is 2. The van der Waals surface area contributed by atoms with Gasteiger partial charge in [0, 0.05) is 37.7 Å². The number of thioether (sulfide) groups is 1. The van der Waals surface area contributed by atoms with Gasteiger partial charge in [0.15, 0.2) is 0 Å². The van der Waals surface area contributed by atoms with Gasteiger partial charge in [-0.2, -0.15) is 11.8 Å². The number of carbonyl (C=O) groups excluding carboxylic acids is 1. The van der Waals surface area contributed by atoms with Gasteiger partial charge in [0.1, 0.15) is 11.2 Å². The molecular weight excluding hydrogens is 352 g/mol. The van der Waals surface area contributed by atoms with E-state index in [0.717, 1.165) is 25.3 Å². The van der Waals surface area contributed by atoms with E-state index in [1.807, 2.05) is 11.8 Å². The lowest BCUT2D eigenvalue weighted by Gasteiger charge is -2.25. The number of nitrogens with zero attached hydrogens (tertiary/aromatic N) is 2. The minimum absolute atomic E-state index is 0.0103. The summed E-state index contributed by atoms with van der Waals surface area (Å²) in [6.07, 6.45) is 3.15. The number of carboxylic acid groups (broad SMARTS) is 1. The summed E-state index contributed by atoms with van der Waals surface area (Å²) >= 11 is 1.81. The highest BCUT2D eigenvalue weighted by atomic mass is 32.2. The van der Waals surface area contributed by atoms with E-state index in [9.17, 15) is 14.7 Å². The number of carboxylic acids is 1. The standard InChI is InChI=1S/C19H26N2O4S/c1-25-16-6-3-5-14(9-16)17(22)21-11-15-10-20(7-4-8-26-2)12-19(15,13-21)18(23)24/h3,5-6,9,15H,4,7-8,10-13H2,1-2H3,(H,23,24)/t15-,19-/m1/s1. The van der Waals surface area contributed by atoms with Crippen LogP contribution in [-0.4, -0.2) is 78.6 Å². The van der Waals surface area contributed by atoms with Crippen LogP contribution in [-0.2, 0) is 4.79 Å². The predicted octanol–water partition coefficient (Wildman–Crippen LogP) is 1.91. The minimum atomic E-state index is -0.839. The van der Waals surface area contributed by atoms with E-state index in [0.29, 0.717) is 24.4 Å². The van der Waals surface area contributed by atoms with E-state index in [4.69, 9.17) is 4.74 Å². The van der Waals surface area contributed by atoms with Crippen molar-refractivity contribution in [3.05, 3.63) is 29.8 Å². The number of amides is 1. The number of hydrogen-bond acceptors (Lipinski definition) is 5. The monoisotopic (exact) mass is 378 g/mol. The Labute approximate surface area is 158 Å². The second-order valence-electron chi connectivity index (χ2n) is 7.16. The Morgan fingerprint density at radius 3 is 2.81 bits per heavy atom. The van der Waals surface area contributed by atoms with Gasteiger partial charge in [-0.25, -0.2) is 0 Å². The van der Waals surface area contributed by atoms with Gasteiger partial charge in [-0.3, -0.25) is 9.59 Å². The van der Waals surface area contributed by atoms with Crippen LogP contribution in [0.2, 0.25) is 0 Å². The van der Waals surface area contributed by atoms with Gasteiger partial charge < -0.3 is 19.6 Å². The minimum Gasteiger partial charge on any atom is -0.497 e. The fourth-order valence-corrected chi connectivity index (χ4v) is 4.59. The second kappa shape index (κ2) is 7.88. The molecule has 2 aliphatic rings. The maximum absolute atomic E-state index is 12.9. The molecule has 3 rings (SSSR count). The summed E-state index contributed by atoms with van der Waals surface area (Å²) in [4.78, 5) is 28.9. The molecule has 6 nitrogen and oxygen atoms in total. The third-order valence-electron chi connectivity index (χ3n) is 5.53. The largest absolute Gasteiger partial charge is 0.497 e. The summed E-state index contributed by atoms with van der Waals surface area (Å²) in [5.74, 6) is 0.803. The van der Waals surface area contributed by atoms with Crippen LogP contribution in [0.25, 0.3) is 0 Å². The summed E-state index contributed by atoms with van der Waals surface area (Å²) in [6.45, 7) is 2.99. The molecule has 2 fully saturated rings. The number of rotatable bonds is 7. The molecule has 1 aromatic rings. The Morgan fingerprint density at radius 2 is 2.15 bits per heavy atom. The molecule has 0 aliphatic carbocycles. The van der Waals surface area contributed by atoms with Crippen LogP contribution < -0.4 is 4.74 Å². The topological polar surface area (TPSA) is 70.1 Å². The van der Waals surface area contributed by atoms with Crippen molar-refractivity contribution in [3.8, 4) is 5.75 Å². The van der Waals surface area contributed by atoms with Crippen LogP contribution in [0.1, 0.15) is 16.8 Å². The molecule has 2 atom stereocenters. The molecule has 2 heterocycles. The highest BCUT2D eigenvalue weighted by Gasteiger charge is 2.58. The van der Waals surface area contributed by atoms with Crippen molar-refractivity contribution in [3.63, 3.8) is 0 Å². The third kappa shape index (κ3) is 3.55. The molecular formula is C19H26N2O4S. The lowest BCUT2D eigenvalue weighted by Crippen LogP contribution is -2.42. The maximum atomic E-state index is 12.9. The fraction of sp³-hybridized carbons (Fsp3) is 0.579. The van der Waals surface area contributed by atoms with Crippen molar-refractivity contribution in [2.24, 2.45) is 11.3 Å². The summed E-state index contributed by atoms with van der Waals surface area (Å²) in [5.41, 5.74) is -0.296. The van der Waals surface area contributed by atoms with Crippen molar-refractivity contribution in [1.82, 2.24) is 9.80 Å². The molecule has 0 radical (unpaired) electrons. The molecule has 1 aromatic carbocycles. The van der Waals surface area contributed by atoms with Crippen LogP contribution in [0.5, 0.6) is 5.75 Å². The first kappa shape index (κ1) is 19.0. The van der Waals surface area contributed by atoms with Gasteiger partial charge in [0.2, 0.25) is 0 Å². The van der Waals surface area contributed by atoms with E-state index in [1.54, 1.807) is 36.3 Å². The molecule has 1 N–H and O–H groups in total. The molecule has 0 aromatic heterocycles. The predicted molar refractivity (Wildman–Crippen MR) is 102 cm³/mol. The molecule has 0 bridgehead atoms. The Morgan fingerprint density at radius 1 is 1.35 bits per heavy atom. The first-order valence-electron chi connectivity index (χ1n) is 8.88. The van der Waals surface area contributed by atoms with E-state index in [2.05, 4.69) is 11.2 Å². The Balaban J connectivity index is 1.71. The number of carbonyl (C=O) groups is 2. The van der Waals surface area contributed by atoms with Crippen LogP contribution in [0.3, 0.4) is 0 Å². The van der Waals surface area contributed by atoms with Crippen molar-refractivity contribution in [2.75, 3.05) is 51.8 Å². The summed E-state index contributed by atoms with van der Waals surface area (Å²) in [7, 11) is 1.56. The normalized spacial score (nSPS) is 25.3. The van der Waals surface area contributed by atoms with E-state index in [-0.39, 0.29) is 18.4 Å². The van der Waals surface area contributed by atoms with Crippen LogP contribution in [0.4, 0.5) is 0 Å². The Kier molecular flexibility index (Phi) is 5.77. The summed E-state index contributed by atoms with van der Waals surface area (Å²) in [6, 6.07) is 7.03. The average Bonchev–Trinajstić information content (AvgIpc) is 3.16. The van der Waals surface area contributed by atoms with Crippen LogP contribution >= 0.6 is 11.8 Å². The van der Waals surface area contributed by atoms with Gasteiger partial charge in [-0.1, -0.05) is 6.07 Å². The zero-order chi connectivity index (χ0) is 18.7. The van der Waals surface area contributed by atoms with Gasteiger partial charge in [0.25, 0.3) is 5.91 Å². The van der Waals surface area contributed by atoms with Crippen molar-refractivity contribution >= 4 is 23.6 Å². The average molecular weight is 378 g/mol. The Hall–Kier alpha value is -1.73. The van der Waals surface area contributed by atoms with E-state index in [1.165, 1.54) is 0 Å². The maximum Gasteiger partial charge on any atom is 0.313 e. The molecule has 2 aliphatic heterocycles. The zero-order valence-electron chi connectivity index (χ0n) is 15.3. The molecule has 2 saturated heterocycles. The molecule has 7 heteroatoms. The van der Waals surface area contributed by atoms with Crippen LogP contribution in [0.15, 0.2) is 24.3 Å². The summed E-state index contributed by atoms with van der Waals surface area (Å²) in [5, 5.41) is 9.93. The number of fused-ring (bicyclic) bond motifs is 1. The van der Waals surface area contributed by atoms with Gasteiger partial charge in [-0.05, 0) is 43.2 Å². The van der Waals surface area contributed by atoms with E-state index >= 15 is 0 Å². The van der Waals surface area contributed by atoms with Gasteiger partial charge in [0.05, 0.1) is 7.11 Å². The third-order valence-corrected chi connectivity index (χ3v) is 6.23. The van der Waals surface area contributed by atoms with Crippen molar-refractivity contribution in [2.45, 2.75) is 6.42 Å². The first-order valence-corrected chi connectivity index (χ1v) is 10.3. The first-order chi connectivity index (χ1) is 12.5. The highest BCUT2D eigenvalue weighted by Crippen LogP contribution is 2.43. The molecule has 142 valence electrons. The number of benzene rings is 1.